The van der Waals surface area contributed by atoms with Gasteiger partial charge < -0.3 is 10.0 Å². The Morgan fingerprint density at radius 1 is 1.47 bits per heavy atom. The number of hydrogen-bond acceptors (Lipinski definition) is 3. The second-order valence-electron chi connectivity index (χ2n) is 4.56. The first-order valence-corrected chi connectivity index (χ1v) is 5.28. The summed E-state index contributed by atoms with van der Waals surface area (Å²) in [6.45, 7) is 5.11. The van der Waals surface area contributed by atoms with E-state index < -0.39 is 11.5 Å². The molecule has 0 atom stereocenters. The van der Waals surface area contributed by atoms with E-state index >= 15 is 0 Å². The SMILES string of the molecule is Cc1ccc(N(C)C(C)(C)C(=O)O)c(C#N)c1. The topological polar surface area (TPSA) is 64.3 Å². The first kappa shape index (κ1) is 13.0. The van der Waals surface area contributed by atoms with Crippen LogP contribution in [0.4, 0.5) is 5.69 Å². The van der Waals surface area contributed by atoms with Gasteiger partial charge in [-0.15, -0.1) is 0 Å². The fourth-order valence-corrected chi connectivity index (χ4v) is 1.48. The second kappa shape index (κ2) is 4.46. The first-order valence-electron chi connectivity index (χ1n) is 5.28. The Hall–Kier alpha value is -2.02. The number of benzene rings is 1. The summed E-state index contributed by atoms with van der Waals surface area (Å²) < 4.78 is 0. The van der Waals surface area contributed by atoms with Crippen molar-refractivity contribution in [2.45, 2.75) is 26.3 Å². The minimum absolute atomic E-state index is 0.488. The molecule has 0 bridgehead atoms. The number of carboxylic acids is 1. The fraction of sp³-hybridized carbons (Fsp3) is 0.385. The van der Waals surface area contributed by atoms with Crippen LogP contribution in [0.5, 0.6) is 0 Å². The van der Waals surface area contributed by atoms with Gasteiger partial charge in [-0.1, -0.05) is 6.07 Å². The molecule has 1 aromatic carbocycles. The molecule has 1 N–H and O–H groups in total. The number of likely N-dealkylation sites (N-methyl/N-ethyl adjacent to an activating group) is 1. The molecule has 0 aromatic heterocycles. The van der Waals surface area contributed by atoms with Gasteiger partial charge in [0.1, 0.15) is 11.6 Å². The minimum atomic E-state index is -1.05. The number of carbonyl (C=O) groups is 1. The molecule has 0 radical (unpaired) electrons. The number of rotatable bonds is 3. The van der Waals surface area contributed by atoms with Crippen molar-refractivity contribution in [2.24, 2.45) is 0 Å². The van der Waals surface area contributed by atoms with Crippen LogP contribution in [0.1, 0.15) is 25.0 Å². The predicted octanol–water partition coefficient (Wildman–Crippen LogP) is 2.17. The molecule has 0 aliphatic carbocycles. The van der Waals surface area contributed by atoms with Crippen molar-refractivity contribution in [3.05, 3.63) is 29.3 Å². The van der Waals surface area contributed by atoms with E-state index in [0.29, 0.717) is 11.3 Å². The molecule has 90 valence electrons. The normalized spacial score (nSPS) is 10.8. The molecule has 0 saturated carbocycles. The lowest BCUT2D eigenvalue weighted by Gasteiger charge is -2.34. The summed E-state index contributed by atoms with van der Waals surface area (Å²) in [6.07, 6.45) is 0. The van der Waals surface area contributed by atoms with E-state index in [1.54, 1.807) is 37.9 Å². The average molecular weight is 232 g/mol. The third kappa shape index (κ3) is 2.39. The summed E-state index contributed by atoms with van der Waals surface area (Å²) in [5, 5.41) is 18.2. The summed E-state index contributed by atoms with van der Waals surface area (Å²) in [6, 6.07) is 7.49. The minimum Gasteiger partial charge on any atom is -0.480 e. The highest BCUT2D eigenvalue weighted by Gasteiger charge is 2.33. The van der Waals surface area contributed by atoms with Gasteiger partial charge >= 0.3 is 5.97 Å². The molecule has 0 unspecified atom stereocenters. The van der Waals surface area contributed by atoms with Gasteiger partial charge in [0, 0.05) is 7.05 Å². The molecular weight excluding hydrogens is 216 g/mol. The maximum absolute atomic E-state index is 11.2. The second-order valence-corrected chi connectivity index (χ2v) is 4.56. The van der Waals surface area contributed by atoms with Crippen LogP contribution in [0, 0.1) is 18.3 Å². The molecule has 1 rings (SSSR count). The van der Waals surface area contributed by atoms with Crippen molar-refractivity contribution in [3.8, 4) is 6.07 Å². The van der Waals surface area contributed by atoms with Crippen molar-refractivity contribution in [2.75, 3.05) is 11.9 Å². The van der Waals surface area contributed by atoms with E-state index in [-0.39, 0.29) is 0 Å². The Morgan fingerprint density at radius 2 is 2.06 bits per heavy atom. The molecule has 1 aromatic rings. The highest BCUT2D eigenvalue weighted by molar-refractivity contribution is 5.83. The highest BCUT2D eigenvalue weighted by Crippen LogP contribution is 2.26. The molecule has 17 heavy (non-hydrogen) atoms. The Labute approximate surface area is 101 Å². The number of aliphatic carboxylic acids is 1. The zero-order chi connectivity index (χ0) is 13.2. The quantitative estimate of drug-likeness (QED) is 0.867. The van der Waals surface area contributed by atoms with Gasteiger partial charge in [-0.2, -0.15) is 5.26 Å². The van der Waals surface area contributed by atoms with Gasteiger partial charge in [-0.3, -0.25) is 0 Å². The Morgan fingerprint density at radius 3 is 2.53 bits per heavy atom. The van der Waals surface area contributed by atoms with Gasteiger partial charge in [0.25, 0.3) is 0 Å². The van der Waals surface area contributed by atoms with E-state index in [4.69, 9.17) is 10.4 Å². The van der Waals surface area contributed by atoms with Crippen molar-refractivity contribution < 1.29 is 9.90 Å². The molecule has 0 fully saturated rings. The zero-order valence-electron chi connectivity index (χ0n) is 10.5. The van der Waals surface area contributed by atoms with Crippen LogP contribution < -0.4 is 4.90 Å². The van der Waals surface area contributed by atoms with Crippen LogP contribution in [0.2, 0.25) is 0 Å². The van der Waals surface area contributed by atoms with E-state index in [1.807, 2.05) is 13.0 Å². The van der Waals surface area contributed by atoms with Gasteiger partial charge in [0.05, 0.1) is 11.3 Å². The smallest absolute Gasteiger partial charge is 0.328 e. The van der Waals surface area contributed by atoms with Crippen LogP contribution in [0.15, 0.2) is 18.2 Å². The lowest BCUT2D eigenvalue weighted by atomic mass is 10.0. The van der Waals surface area contributed by atoms with Crippen LogP contribution in [-0.4, -0.2) is 23.7 Å². The molecule has 0 heterocycles. The van der Waals surface area contributed by atoms with Crippen LogP contribution in [0.3, 0.4) is 0 Å². The standard InChI is InChI=1S/C13H16N2O2/c1-9-5-6-11(10(7-9)8-14)15(4)13(2,3)12(16)17/h5-7H,1-4H3,(H,16,17). The van der Waals surface area contributed by atoms with Crippen LogP contribution in [-0.2, 0) is 4.79 Å². The average Bonchev–Trinajstić information content (AvgIpc) is 2.27. The fourth-order valence-electron chi connectivity index (χ4n) is 1.48. The van der Waals surface area contributed by atoms with E-state index in [2.05, 4.69) is 6.07 Å². The molecular formula is C13H16N2O2. The highest BCUT2D eigenvalue weighted by atomic mass is 16.4. The van der Waals surface area contributed by atoms with Crippen molar-refractivity contribution >= 4 is 11.7 Å². The zero-order valence-corrected chi connectivity index (χ0v) is 10.5. The Bertz CT molecular complexity index is 487. The molecule has 4 heteroatoms. The monoisotopic (exact) mass is 232 g/mol. The molecule has 0 aliphatic heterocycles. The number of carboxylic acid groups (broad SMARTS) is 1. The van der Waals surface area contributed by atoms with Crippen LogP contribution >= 0.6 is 0 Å². The molecule has 4 nitrogen and oxygen atoms in total. The van der Waals surface area contributed by atoms with Gasteiger partial charge in [0.15, 0.2) is 0 Å². The first-order chi connectivity index (χ1) is 7.80. The summed E-state index contributed by atoms with van der Waals surface area (Å²) in [7, 11) is 1.68. The number of anilines is 1. The molecule has 0 aliphatic rings. The Kier molecular flexibility index (Phi) is 3.42. The van der Waals surface area contributed by atoms with Crippen molar-refractivity contribution in [1.29, 1.82) is 5.26 Å². The van der Waals surface area contributed by atoms with E-state index in [0.717, 1.165) is 5.56 Å². The molecule has 0 spiro atoms. The predicted molar refractivity (Wildman–Crippen MR) is 66.0 cm³/mol. The van der Waals surface area contributed by atoms with E-state index in [1.165, 1.54) is 0 Å². The summed E-state index contributed by atoms with van der Waals surface area (Å²) in [4.78, 5) is 12.8. The number of nitrogens with zero attached hydrogens (tertiary/aromatic N) is 2. The van der Waals surface area contributed by atoms with Gasteiger partial charge in [0.2, 0.25) is 0 Å². The summed E-state index contributed by atoms with van der Waals surface area (Å²) in [5.74, 6) is -0.926. The maximum atomic E-state index is 11.2. The van der Waals surface area contributed by atoms with Crippen LogP contribution in [0.25, 0.3) is 0 Å². The number of aryl methyl sites for hydroxylation is 1. The number of nitriles is 1. The van der Waals surface area contributed by atoms with Gasteiger partial charge in [-0.25, -0.2) is 4.79 Å². The van der Waals surface area contributed by atoms with Crippen molar-refractivity contribution in [1.82, 2.24) is 0 Å². The summed E-state index contributed by atoms with van der Waals surface area (Å²) >= 11 is 0. The third-order valence-electron chi connectivity index (χ3n) is 3.00. The van der Waals surface area contributed by atoms with E-state index in [9.17, 15) is 4.79 Å². The lowest BCUT2D eigenvalue weighted by Crippen LogP contribution is -2.48. The molecule has 0 amide bonds. The third-order valence-corrected chi connectivity index (χ3v) is 3.00. The molecule has 0 saturated heterocycles. The van der Waals surface area contributed by atoms with Gasteiger partial charge in [-0.05, 0) is 38.5 Å². The van der Waals surface area contributed by atoms with Crippen molar-refractivity contribution in [3.63, 3.8) is 0 Å². The maximum Gasteiger partial charge on any atom is 0.328 e. The largest absolute Gasteiger partial charge is 0.480 e. The lowest BCUT2D eigenvalue weighted by molar-refractivity contribution is -0.142. The Balaban J connectivity index is 3.27. The number of hydrogen-bond donors (Lipinski definition) is 1. The summed E-state index contributed by atoms with van der Waals surface area (Å²) in [5.41, 5.74) is 1.04.